The summed E-state index contributed by atoms with van der Waals surface area (Å²) in [5.74, 6) is -0.705. The molecule has 0 aliphatic heterocycles. The van der Waals surface area contributed by atoms with Gasteiger partial charge in [-0.05, 0) is 56.9 Å². The number of rotatable bonds is 5. The number of unbranched alkanes of at least 4 members (excludes halogenated alkanes) is 1. The molecule has 0 amide bonds. The van der Waals surface area contributed by atoms with Crippen LogP contribution in [0.1, 0.15) is 38.7 Å². The maximum atomic E-state index is 13.2. The lowest BCUT2D eigenvalue weighted by molar-refractivity contribution is 0.448. The van der Waals surface area contributed by atoms with Crippen LogP contribution in [0.15, 0.2) is 18.2 Å². The first-order valence-electron chi connectivity index (χ1n) is 5.61. The van der Waals surface area contributed by atoms with Crippen LogP contribution in [0.5, 0.6) is 0 Å². The number of hydrogen-bond acceptors (Lipinski definition) is 1. The van der Waals surface area contributed by atoms with Crippen LogP contribution >= 0.6 is 0 Å². The molecule has 16 heavy (non-hydrogen) atoms. The largest absolute Gasteiger partial charge is 0.326 e. The first kappa shape index (κ1) is 13.1. The van der Waals surface area contributed by atoms with Gasteiger partial charge in [0.1, 0.15) is 11.6 Å². The van der Waals surface area contributed by atoms with E-state index >= 15 is 0 Å². The molecule has 0 aromatic heterocycles. The molecule has 0 heterocycles. The second-order valence-corrected chi connectivity index (χ2v) is 4.93. The quantitative estimate of drug-likeness (QED) is 0.766. The van der Waals surface area contributed by atoms with Crippen molar-refractivity contribution < 1.29 is 8.78 Å². The van der Waals surface area contributed by atoms with E-state index in [-0.39, 0.29) is 17.2 Å². The molecule has 0 aliphatic rings. The van der Waals surface area contributed by atoms with Crippen LogP contribution in [-0.2, 0) is 6.42 Å². The van der Waals surface area contributed by atoms with Crippen LogP contribution < -0.4 is 5.73 Å². The van der Waals surface area contributed by atoms with E-state index in [4.69, 9.17) is 5.73 Å². The highest BCUT2D eigenvalue weighted by Gasteiger charge is 2.10. The minimum Gasteiger partial charge on any atom is -0.326 e. The van der Waals surface area contributed by atoms with E-state index in [9.17, 15) is 8.78 Å². The third-order valence-corrected chi connectivity index (χ3v) is 2.52. The second-order valence-electron chi connectivity index (χ2n) is 4.93. The molecule has 1 nitrogen and oxygen atoms in total. The van der Waals surface area contributed by atoms with Crippen molar-refractivity contribution in [3.8, 4) is 0 Å². The van der Waals surface area contributed by atoms with Crippen molar-refractivity contribution in [2.45, 2.75) is 45.1 Å². The van der Waals surface area contributed by atoms with Crippen LogP contribution in [0.2, 0.25) is 0 Å². The fraction of sp³-hybridized carbons (Fsp3) is 0.538. The Labute approximate surface area is 95.7 Å². The lowest BCUT2D eigenvalue weighted by Crippen LogP contribution is -2.31. The molecule has 0 radical (unpaired) electrons. The van der Waals surface area contributed by atoms with E-state index in [0.717, 1.165) is 25.3 Å². The fourth-order valence-corrected chi connectivity index (χ4v) is 1.63. The molecule has 0 atom stereocenters. The van der Waals surface area contributed by atoms with Gasteiger partial charge in [0.05, 0.1) is 0 Å². The Balaban J connectivity index is 2.40. The smallest absolute Gasteiger partial charge is 0.126 e. The van der Waals surface area contributed by atoms with E-state index in [2.05, 4.69) is 0 Å². The van der Waals surface area contributed by atoms with Gasteiger partial charge in [0, 0.05) is 5.54 Å². The zero-order valence-corrected chi connectivity index (χ0v) is 9.89. The SMILES string of the molecule is CC(C)(N)CCCCc1cc(F)ccc1F. The number of halogens is 2. The summed E-state index contributed by atoms with van der Waals surface area (Å²) in [5, 5.41) is 0. The van der Waals surface area contributed by atoms with Crippen LogP contribution in [0.3, 0.4) is 0 Å². The minimum atomic E-state index is -0.379. The molecule has 1 rings (SSSR count). The lowest BCUT2D eigenvalue weighted by Gasteiger charge is -2.17. The first-order chi connectivity index (χ1) is 7.38. The average Bonchev–Trinajstić information content (AvgIpc) is 2.16. The van der Waals surface area contributed by atoms with Gasteiger partial charge in [-0.25, -0.2) is 8.78 Å². The molecule has 90 valence electrons. The third kappa shape index (κ3) is 4.71. The lowest BCUT2D eigenvalue weighted by atomic mass is 9.97. The molecule has 0 fully saturated rings. The third-order valence-electron chi connectivity index (χ3n) is 2.52. The zero-order valence-electron chi connectivity index (χ0n) is 9.89. The summed E-state index contributed by atoms with van der Waals surface area (Å²) in [7, 11) is 0. The summed E-state index contributed by atoms with van der Waals surface area (Å²) in [6.07, 6.45) is 3.23. The number of nitrogens with two attached hydrogens (primary N) is 1. The molecule has 3 heteroatoms. The maximum absolute atomic E-state index is 13.2. The molecule has 2 N–H and O–H groups in total. The highest BCUT2D eigenvalue weighted by molar-refractivity contribution is 5.18. The van der Waals surface area contributed by atoms with E-state index < -0.39 is 0 Å². The summed E-state index contributed by atoms with van der Waals surface area (Å²) in [6, 6.07) is 3.59. The van der Waals surface area contributed by atoms with Crippen LogP contribution in [0, 0.1) is 11.6 Å². The molecule has 0 bridgehead atoms. The van der Waals surface area contributed by atoms with Gasteiger partial charge in [-0.2, -0.15) is 0 Å². The minimum absolute atomic E-state index is 0.180. The molecular formula is C13H19F2N. The van der Waals surface area contributed by atoms with Crippen molar-refractivity contribution in [2.75, 3.05) is 0 Å². The molecule has 0 saturated heterocycles. The monoisotopic (exact) mass is 227 g/mol. The van der Waals surface area contributed by atoms with Gasteiger partial charge in [-0.1, -0.05) is 6.42 Å². The Morgan fingerprint density at radius 2 is 1.88 bits per heavy atom. The van der Waals surface area contributed by atoms with Crippen LogP contribution in [-0.4, -0.2) is 5.54 Å². The molecule has 0 unspecified atom stereocenters. The summed E-state index contributed by atoms with van der Waals surface area (Å²) >= 11 is 0. The molecule has 0 spiro atoms. The van der Waals surface area contributed by atoms with E-state index in [1.54, 1.807) is 0 Å². The maximum Gasteiger partial charge on any atom is 0.126 e. The molecule has 0 aliphatic carbocycles. The predicted molar refractivity (Wildman–Crippen MR) is 62.2 cm³/mol. The van der Waals surface area contributed by atoms with E-state index in [1.807, 2.05) is 13.8 Å². The second kappa shape index (κ2) is 5.39. The Hall–Kier alpha value is -0.960. The van der Waals surface area contributed by atoms with Gasteiger partial charge >= 0.3 is 0 Å². The molecule has 1 aromatic rings. The predicted octanol–water partition coefficient (Wildman–Crippen LogP) is 3.41. The van der Waals surface area contributed by atoms with E-state index in [0.29, 0.717) is 12.0 Å². The molecule has 0 saturated carbocycles. The molecular weight excluding hydrogens is 208 g/mol. The summed E-state index contributed by atoms with van der Waals surface area (Å²) < 4.78 is 26.1. The highest BCUT2D eigenvalue weighted by atomic mass is 19.1. The summed E-state index contributed by atoms with van der Waals surface area (Å²) in [4.78, 5) is 0. The van der Waals surface area contributed by atoms with Gasteiger partial charge in [0.25, 0.3) is 0 Å². The van der Waals surface area contributed by atoms with Crippen molar-refractivity contribution >= 4 is 0 Å². The Morgan fingerprint density at radius 3 is 2.50 bits per heavy atom. The number of benzene rings is 1. The Kier molecular flexibility index (Phi) is 4.42. The van der Waals surface area contributed by atoms with Crippen molar-refractivity contribution in [3.05, 3.63) is 35.4 Å². The Morgan fingerprint density at radius 1 is 1.19 bits per heavy atom. The standard InChI is InChI=1S/C13H19F2N/c1-13(2,16)8-4-3-5-10-9-11(14)6-7-12(10)15/h6-7,9H,3-5,8,16H2,1-2H3. The summed E-state index contributed by atoms with van der Waals surface area (Å²) in [5.41, 5.74) is 6.11. The van der Waals surface area contributed by atoms with Crippen molar-refractivity contribution in [1.82, 2.24) is 0 Å². The average molecular weight is 227 g/mol. The van der Waals surface area contributed by atoms with Gasteiger partial charge in [0.15, 0.2) is 0 Å². The topological polar surface area (TPSA) is 26.0 Å². The fourth-order valence-electron chi connectivity index (χ4n) is 1.63. The van der Waals surface area contributed by atoms with E-state index in [1.165, 1.54) is 12.1 Å². The van der Waals surface area contributed by atoms with Crippen LogP contribution in [0.4, 0.5) is 8.78 Å². The normalized spacial score (nSPS) is 11.8. The van der Waals surface area contributed by atoms with Crippen molar-refractivity contribution in [2.24, 2.45) is 5.73 Å². The number of hydrogen-bond donors (Lipinski definition) is 1. The highest BCUT2D eigenvalue weighted by Crippen LogP contribution is 2.15. The first-order valence-corrected chi connectivity index (χ1v) is 5.61. The van der Waals surface area contributed by atoms with Gasteiger partial charge in [-0.15, -0.1) is 0 Å². The van der Waals surface area contributed by atoms with Crippen molar-refractivity contribution in [3.63, 3.8) is 0 Å². The van der Waals surface area contributed by atoms with Crippen LogP contribution in [0.25, 0.3) is 0 Å². The van der Waals surface area contributed by atoms with Gasteiger partial charge < -0.3 is 5.73 Å². The number of aryl methyl sites for hydroxylation is 1. The van der Waals surface area contributed by atoms with Gasteiger partial charge in [0.2, 0.25) is 0 Å². The molecule has 1 aromatic carbocycles. The zero-order chi connectivity index (χ0) is 12.2. The Bertz CT molecular complexity index is 342. The van der Waals surface area contributed by atoms with Gasteiger partial charge in [-0.3, -0.25) is 0 Å². The summed E-state index contributed by atoms with van der Waals surface area (Å²) in [6.45, 7) is 3.94. The van der Waals surface area contributed by atoms with Crippen molar-refractivity contribution in [1.29, 1.82) is 0 Å².